The van der Waals surface area contributed by atoms with Gasteiger partial charge in [0.05, 0.1) is 22.9 Å². The largest absolute Gasteiger partial charge is 0.456 e. The minimum Gasteiger partial charge on any atom is -0.456 e. The predicted molar refractivity (Wildman–Crippen MR) is 216 cm³/mol. The third-order valence-electron chi connectivity index (χ3n) is 11.3. The van der Waals surface area contributed by atoms with Gasteiger partial charge < -0.3 is 4.42 Å². The van der Waals surface area contributed by atoms with E-state index < -0.39 is 0 Å². The summed E-state index contributed by atoms with van der Waals surface area (Å²) in [6.07, 6.45) is 1.94. The highest BCUT2D eigenvalue weighted by Crippen LogP contribution is 2.51. The van der Waals surface area contributed by atoms with Crippen LogP contribution in [0.15, 0.2) is 162 Å². The molecule has 0 unspecified atom stereocenters. The van der Waals surface area contributed by atoms with Crippen LogP contribution in [0.4, 0.5) is 0 Å². The number of nitrogens with zero attached hydrogens (tertiary/aromatic N) is 2. The molecule has 8 aromatic carbocycles. The second kappa shape index (κ2) is 10.7. The van der Waals surface area contributed by atoms with E-state index in [0.29, 0.717) is 0 Å². The summed E-state index contributed by atoms with van der Waals surface area (Å²) in [6.45, 7) is 4.69. The molecule has 0 atom stereocenters. The van der Waals surface area contributed by atoms with Gasteiger partial charge in [-0.2, -0.15) is 0 Å². The van der Waals surface area contributed by atoms with E-state index in [0.717, 1.165) is 55.0 Å². The summed E-state index contributed by atoms with van der Waals surface area (Å²) >= 11 is 0. The van der Waals surface area contributed by atoms with Crippen LogP contribution in [0, 0.1) is 0 Å². The van der Waals surface area contributed by atoms with Crippen LogP contribution in [0.25, 0.3) is 99.2 Å². The number of para-hydroxylation sites is 1. The predicted octanol–water partition coefficient (Wildman–Crippen LogP) is 13.1. The monoisotopic (exact) mass is 664 g/mol. The SMILES string of the molecule is CC1(C)c2cc(-c3cccc(-c4ccc5oc6ccccc6c5c4)c3)ccc2-c2ccc(-c3cnc4c5ccccc5c5ccccc5c4n3)cc21. The van der Waals surface area contributed by atoms with Crippen LogP contribution >= 0.6 is 0 Å². The van der Waals surface area contributed by atoms with Crippen LogP contribution in [0.1, 0.15) is 25.0 Å². The number of fused-ring (bicyclic) bond motifs is 12. The summed E-state index contributed by atoms with van der Waals surface area (Å²) in [6, 6.07) is 54.5. The van der Waals surface area contributed by atoms with Crippen molar-refractivity contribution in [3.05, 3.63) is 169 Å². The first-order chi connectivity index (χ1) is 25.5. The van der Waals surface area contributed by atoms with Gasteiger partial charge in [-0.1, -0.05) is 129 Å². The number of aromatic nitrogens is 2. The normalized spacial score (nSPS) is 13.3. The van der Waals surface area contributed by atoms with E-state index in [4.69, 9.17) is 14.4 Å². The molecule has 2 heterocycles. The molecule has 1 aliphatic carbocycles. The van der Waals surface area contributed by atoms with Crippen molar-refractivity contribution in [2.45, 2.75) is 19.3 Å². The molecule has 0 radical (unpaired) electrons. The molecular formula is C49H32N2O. The summed E-state index contributed by atoms with van der Waals surface area (Å²) in [4.78, 5) is 10.3. The summed E-state index contributed by atoms with van der Waals surface area (Å²) in [5.41, 5.74) is 15.6. The molecule has 1 aliphatic rings. The Morgan fingerprint density at radius 2 is 0.962 bits per heavy atom. The highest BCUT2D eigenvalue weighted by molar-refractivity contribution is 6.23. The Labute approximate surface area is 300 Å². The van der Waals surface area contributed by atoms with Crippen molar-refractivity contribution in [1.82, 2.24) is 9.97 Å². The molecule has 2 aromatic heterocycles. The maximum atomic E-state index is 6.10. The molecule has 11 rings (SSSR count). The third-order valence-corrected chi connectivity index (χ3v) is 11.3. The standard InChI is InChI=1S/C49H32N2O/c1-49(2)42-26-32(30-11-9-10-29(24-30)31-20-23-46-41(25-31)38-14-7-8-17-45(38)52-46)18-21-36(42)37-22-19-33(27-43(37)49)44-28-50-47-39-15-5-3-12-34(39)35-13-4-6-16-40(35)48(47)51-44/h3-28H,1-2H3. The van der Waals surface area contributed by atoms with Gasteiger partial charge in [0.1, 0.15) is 11.2 Å². The minimum atomic E-state index is -0.186. The Hall–Kier alpha value is -6.58. The number of benzene rings is 8. The quantitative estimate of drug-likeness (QED) is 0.176. The Kier molecular flexibility index (Phi) is 6.01. The van der Waals surface area contributed by atoms with Gasteiger partial charge >= 0.3 is 0 Å². The molecule has 0 spiro atoms. The van der Waals surface area contributed by atoms with Crippen LogP contribution in [-0.2, 0) is 5.41 Å². The molecule has 0 amide bonds. The molecule has 0 bridgehead atoms. The van der Waals surface area contributed by atoms with Crippen molar-refractivity contribution in [1.29, 1.82) is 0 Å². The van der Waals surface area contributed by atoms with Crippen LogP contribution in [0.2, 0.25) is 0 Å². The van der Waals surface area contributed by atoms with Crippen molar-refractivity contribution >= 4 is 54.5 Å². The maximum Gasteiger partial charge on any atom is 0.135 e. The van der Waals surface area contributed by atoms with Crippen LogP contribution < -0.4 is 0 Å². The molecule has 3 nitrogen and oxygen atoms in total. The number of hydrogen-bond acceptors (Lipinski definition) is 3. The average Bonchev–Trinajstić information content (AvgIpc) is 3.68. The number of furan rings is 1. The molecule has 244 valence electrons. The van der Waals surface area contributed by atoms with E-state index in [1.54, 1.807) is 0 Å². The highest BCUT2D eigenvalue weighted by Gasteiger charge is 2.36. The molecule has 0 saturated carbocycles. The average molecular weight is 665 g/mol. The van der Waals surface area contributed by atoms with E-state index in [1.165, 1.54) is 55.3 Å². The third kappa shape index (κ3) is 4.20. The Balaban J connectivity index is 0.974. The van der Waals surface area contributed by atoms with Crippen LogP contribution in [0.5, 0.6) is 0 Å². The second-order valence-electron chi connectivity index (χ2n) is 14.6. The van der Waals surface area contributed by atoms with Gasteiger partial charge in [-0.05, 0) is 91.7 Å². The first kappa shape index (κ1) is 29.2. The molecule has 0 N–H and O–H groups in total. The van der Waals surface area contributed by atoms with Gasteiger partial charge in [-0.25, -0.2) is 4.98 Å². The number of rotatable bonds is 3. The molecule has 0 fully saturated rings. The van der Waals surface area contributed by atoms with E-state index in [9.17, 15) is 0 Å². The summed E-state index contributed by atoms with van der Waals surface area (Å²) < 4.78 is 6.10. The molecule has 0 aliphatic heterocycles. The van der Waals surface area contributed by atoms with E-state index in [1.807, 2.05) is 18.3 Å². The number of hydrogen-bond donors (Lipinski definition) is 0. The highest BCUT2D eigenvalue weighted by atomic mass is 16.3. The summed E-state index contributed by atoms with van der Waals surface area (Å²) in [5, 5.41) is 6.97. The second-order valence-corrected chi connectivity index (χ2v) is 14.6. The fourth-order valence-electron chi connectivity index (χ4n) is 8.62. The fourth-order valence-corrected chi connectivity index (χ4v) is 8.62. The van der Waals surface area contributed by atoms with Gasteiger partial charge in [-0.3, -0.25) is 4.98 Å². The van der Waals surface area contributed by atoms with Gasteiger partial charge in [0, 0.05) is 32.5 Å². The van der Waals surface area contributed by atoms with Crippen LogP contribution in [-0.4, -0.2) is 9.97 Å². The lowest BCUT2D eigenvalue weighted by Crippen LogP contribution is -2.15. The van der Waals surface area contributed by atoms with Gasteiger partial charge in [0.15, 0.2) is 0 Å². The van der Waals surface area contributed by atoms with Gasteiger partial charge in [0.25, 0.3) is 0 Å². The van der Waals surface area contributed by atoms with E-state index in [2.05, 4.69) is 153 Å². The summed E-state index contributed by atoms with van der Waals surface area (Å²) in [5.74, 6) is 0. The van der Waals surface area contributed by atoms with Crippen molar-refractivity contribution in [3.8, 4) is 44.6 Å². The van der Waals surface area contributed by atoms with Crippen molar-refractivity contribution in [3.63, 3.8) is 0 Å². The molecule has 3 heteroatoms. The first-order valence-corrected chi connectivity index (χ1v) is 17.9. The maximum absolute atomic E-state index is 6.10. The van der Waals surface area contributed by atoms with Gasteiger partial charge in [0.2, 0.25) is 0 Å². The Morgan fingerprint density at radius 3 is 1.69 bits per heavy atom. The van der Waals surface area contributed by atoms with E-state index >= 15 is 0 Å². The van der Waals surface area contributed by atoms with Crippen LogP contribution in [0.3, 0.4) is 0 Å². The summed E-state index contributed by atoms with van der Waals surface area (Å²) in [7, 11) is 0. The molecule has 52 heavy (non-hydrogen) atoms. The van der Waals surface area contributed by atoms with Crippen molar-refractivity contribution in [2.24, 2.45) is 0 Å². The van der Waals surface area contributed by atoms with Gasteiger partial charge in [-0.15, -0.1) is 0 Å². The lowest BCUT2D eigenvalue weighted by molar-refractivity contribution is 0.661. The van der Waals surface area contributed by atoms with Crippen molar-refractivity contribution < 1.29 is 4.42 Å². The zero-order chi connectivity index (χ0) is 34.6. The molecular weight excluding hydrogens is 633 g/mol. The lowest BCUT2D eigenvalue weighted by atomic mass is 9.81. The smallest absolute Gasteiger partial charge is 0.135 e. The molecule has 0 saturated heterocycles. The van der Waals surface area contributed by atoms with Crippen molar-refractivity contribution in [2.75, 3.05) is 0 Å². The fraction of sp³-hybridized carbons (Fsp3) is 0.0612. The Bertz CT molecular complexity index is 3080. The zero-order valence-corrected chi connectivity index (χ0v) is 28.8. The zero-order valence-electron chi connectivity index (χ0n) is 28.8. The minimum absolute atomic E-state index is 0.186. The van der Waals surface area contributed by atoms with E-state index in [-0.39, 0.29) is 5.41 Å². The lowest BCUT2D eigenvalue weighted by Gasteiger charge is -2.22. The first-order valence-electron chi connectivity index (χ1n) is 17.9. The Morgan fingerprint density at radius 1 is 0.423 bits per heavy atom. The topological polar surface area (TPSA) is 38.9 Å². The molecule has 10 aromatic rings.